The Hall–Kier alpha value is -4.26. The summed E-state index contributed by atoms with van der Waals surface area (Å²) in [5.41, 5.74) is 2.86. The third kappa shape index (κ3) is 3.24. The largest absolute Gasteiger partial charge is 0.404 e. The molecule has 1 unspecified atom stereocenters. The van der Waals surface area contributed by atoms with Crippen molar-refractivity contribution in [3.63, 3.8) is 0 Å². The number of fused-ring (bicyclic) bond motifs is 2. The fraction of sp³-hybridized carbons (Fsp3) is 0.273. The lowest BCUT2D eigenvalue weighted by Gasteiger charge is -2.16. The summed E-state index contributed by atoms with van der Waals surface area (Å²) in [6, 6.07) is 8.28. The lowest BCUT2D eigenvalue weighted by atomic mass is 10.00. The molecule has 10 nitrogen and oxygen atoms in total. The third-order valence-corrected chi connectivity index (χ3v) is 5.90. The number of hydrogen-bond acceptors (Lipinski definition) is 8. The van der Waals surface area contributed by atoms with Gasteiger partial charge in [0.05, 0.1) is 17.8 Å². The second kappa shape index (κ2) is 7.46. The van der Waals surface area contributed by atoms with Crippen LogP contribution in [0.5, 0.6) is 0 Å². The lowest BCUT2D eigenvalue weighted by Crippen LogP contribution is -2.21. The molecule has 1 aliphatic heterocycles. The molecule has 0 aliphatic carbocycles. The number of rotatable bonds is 5. The Bertz CT molecular complexity index is 1410. The molecule has 1 aliphatic rings. The van der Waals surface area contributed by atoms with Crippen LogP contribution in [0.25, 0.3) is 33.7 Å². The van der Waals surface area contributed by atoms with Crippen LogP contribution >= 0.6 is 0 Å². The highest BCUT2D eigenvalue weighted by molar-refractivity contribution is 5.76. The van der Waals surface area contributed by atoms with E-state index < -0.39 is 0 Å². The molecule has 6 rings (SSSR count). The van der Waals surface area contributed by atoms with E-state index in [9.17, 15) is 5.26 Å². The van der Waals surface area contributed by atoms with Gasteiger partial charge in [-0.15, -0.1) is 0 Å². The summed E-state index contributed by atoms with van der Waals surface area (Å²) in [6.45, 7) is 1.62. The van der Waals surface area contributed by atoms with Gasteiger partial charge in [-0.25, -0.2) is 15.0 Å². The summed E-state index contributed by atoms with van der Waals surface area (Å²) >= 11 is 0. The molecule has 0 spiro atoms. The molecule has 0 saturated carbocycles. The first-order chi connectivity index (χ1) is 15.8. The Morgan fingerprint density at radius 1 is 1.25 bits per heavy atom. The normalized spacial score (nSPS) is 17.2. The molecule has 1 N–H and O–H groups in total. The van der Waals surface area contributed by atoms with Crippen LogP contribution in [0, 0.1) is 17.2 Å². The molecule has 10 heteroatoms. The molecule has 0 aromatic carbocycles. The minimum Gasteiger partial charge on any atom is -0.404 e. The minimum absolute atomic E-state index is 0.335. The molecule has 6 heterocycles. The number of nitrogens with one attached hydrogen (secondary N) is 1. The second-order valence-electron chi connectivity index (χ2n) is 7.99. The Kier molecular flexibility index (Phi) is 4.31. The highest BCUT2D eigenvalue weighted by Gasteiger charge is 2.29. The number of oxazole rings is 1. The van der Waals surface area contributed by atoms with E-state index in [-0.39, 0.29) is 6.04 Å². The van der Waals surface area contributed by atoms with Crippen molar-refractivity contribution in [1.82, 2.24) is 34.7 Å². The van der Waals surface area contributed by atoms with Gasteiger partial charge in [0, 0.05) is 43.3 Å². The number of aromatic amines is 1. The Morgan fingerprint density at radius 3 is 3.12 bits per heavy atom. The fourth-order valence-electron chi connectivity index (χ4n) is 4.23. The van der Waals surface area contributed by atoms with E-state index >= 15 is 0 Å². The van der Waals surface area contributed by atoms with E-state index in [1.165, 1.54) is 0 Å². The van der Waals surface area contributed by atoms with Crippen molar-refractivity contribution in [3.8, 4) is 17.5 Å². The number of hydrogen-bond donors (Lipinski definition) is 1. The van der Waals surface area contributed by atoms with Gasteiger partial charge in [0.15, 0.2) is 5.82 Å². The van der Waals surface area contributed by atoms with Crippen molar-refractivity contribution >= 4 is 28.3 Å². The van der Waals surface area contributed by atoms with Crippen LogP contribution < -0.4 is 4.90 Å². The van der Waals surface area contributed by atoms with E-state index in [2.05, 4.69) is 41.0 Å². The van der Waals surface area contributed by atoms with Gasteiger partial charge in [0.25, 0.3) is 6.01 Å². The molecule has 2 atom stereocenters. The van der Waals surface area contributed by atoms with E-state index in [0.29, 0.717) is 29.9 Å². The molecule has 0 radical (unpaired) electrons. The fourth-order valence-corrected chi connectivity index (χ4v) is 4.23. The van der Waals surface area contributed by atoms with Crippen LogP contribution in [0.2, 0.25) is 0 Å². The number of aromatic nitrogens is 7. The van der Waals surface area contributed by atoms with Crippen molar-refractivity contribution in [2.75, 3.05) is 18.0 Å². The molecule has 1 saturated heterocycles. The maximum Gasteiger partial charge on any atom is 0.299 e. The first-order valence-electron chi connectivity index (χ1n) is 10.5. The quantitative estimate of drug-likeness (QED) is 0.454. The summed E-state index contributed by atoms with van der Waals surface area (Å²) in [6.07, 6.45) is 10.5. The average Bonchev–Trinajstić information content (AvgIpc) is 3.61. The van der Waals surface area contributed by atoms with Crippen LogP contribution in [0.4, 0.5) is 6.01 Å². The van der Waals surface area contributed by atoms with Gasteiger partial charge < -0.3 is 14.3 Å². The standard InChI is InChI=1S/C22H19N9O/c23-9-17(31-13-16(11-27-31)20-26-10-15-3-6-24-19(15)29-20)8-14-4-7-30(12-14)22-28-18-2-1-5-25-21(18)32-22/h1-3,5-6,10-11,13-14,17H,4,7-8,12H2,(H,24,26,29)/t14?,17-/m0/s1. The van der Waals surface area contributed by atoms with Gasteiger partial charge >= 0.3 is 0 Å². The topological polar surface area (TPSA) is 125 Å². The molecule has 5 aromatic rings. The van der Waals surface area contributed by atoms with E-state index in [4.69, 9.17) is 4.42 Å². The molecule has 1 fully saturated rings. The highest BCUT2D eigenvalue weighted by atomic mass is 16.4. The summed E-state index contributed by atoms with van der Waals surface area (Å²) in [4.78, 5) is 22.9. The predicted molar refractivity (Wildman–Crippen MR) is 117 cm³/mol. The summed E-state index contributed by atoms with van der Waals surface area (Å²) in [5.74, 6) is 0.918. The predicted octanol–water partition coefficient (Wildman–Crippen LogP) is 3.34. The third-order valence-electron chi connectivity index (χ3n) is 5.90. The Labute approximate surface area is 182 Å². The summed E-state index contributed by atoms with van der Waals surface area (Å²) in [5, 5.41) is 15.2. The zero-order valence-corrected chi connectivity index (χ0v) is 17.1. The van der Waals surface area contributed by atoms with Crippen LogP contribution in [0.1, 0.15) is 18.9 Å². The van der Waals surface area contributed by atoms with Crippen molar-refractivity contribution < 1.29 is 4.42 Å². The van der Waals surface area contributed by atoms with E-state index in [0.717, 1.165) is 41.6 Å². The van der Waals surface area contributed by atoms with Crippen LogP contribution in [-0.2, 0) is 0 Å². The molecular formula is C22H19N9O. The number of nitriles is 1. The first kappa shape index (κ1) is 18.5. The number of anilines is 1. The van der Waals surface area contributed by atoms with Gasteiger partial charge in [-0.2, -0.15) is 15.3 Å². The zero-order valence-electron chi connectivity index (χ0n) is 17.1. The summed E-state index contributed by atoms with van der Waals surface area (Å²) in [7, 11) is 0. The molecule has 0 amide bonds. The maximum absolute atomic E-state index is 9.81. The first-order valence-corrected chi connectivity index (χ1v) is 10.5. The van der Waals surface area contributed by atoms with Gasteiger partial charge in [0.1, 0.15) is 17.2 Å². The molecule has 5 aromatic heterocycles. The SMILES string of the molecule is N#C[C@H](CC1CCN(c2nc3cccnc3o2)C1)n1cc(-c2ncc3cc[nH]c3n2)cn1. The van der Waals surface area contributed by atoms with Crippen molar-refractivity contribution in [2.45, 2.75) is 18.9 Å². The van der Waals surface area contributed by atoms with Crippen LogP contribution in [-0.4, -0.2) is 47.8 Å². The monoisotopic (exact) mass is 425 g/mol. The van der Waals surface area contributed by atoms with Gasteiger partial charge in [0.2, 0.25) is 5.71 Å². The van der Waals surface area contributed by atoms with Crippen LogP contribution in [0.15, 0.2) is 53.6 Å². The van der Waals surface area contributed by atoms with Gasteiger partial charge in [-0.1, -0.05) is 0 Å². The van der Waals surface area contributed by atoms with Crippen molar-refractivity contribution in [1.29, 1.82) is 5.26 Å². The average molecular weight is 425 g/mol. The van der Waals surface area contributed by atoms with Gasteiger partial charge in [-0.3, -0.25) is 4.68 Å². The van der Waals surface area contributed by atoms with Crippen LogP contribution in [0.3, 0.4) is 0 Å². The van der Waals surface area contributed by atoms with E-state index in [1.54, 1.807) is 23.3 Å². The van der Waals surface area contributed by atoms with Crippen molar-refractivity contribution in [2.24, 2.45) is 5.92 Å². The molecular weight excluding hydrogens is 406 g/mol. The lowest BCUT2D eigenvalue weighted by molar-refractivity contribution is 0.418. The second-order valence-corrected chi connectivity index (χ2v) is 7.99. The Balaban J connectivity index is 1.16. The maximum atomic E-state index is 9.81. The number of nitrogens with zero attached hydrogens (tertiary/aromatic N) is 8. The van der Waals surface area contributed by atoms with Gasteiger partial charge in [-0.05, 0) is 37.0 Å². The summed E-state index contributed by atoms with van der Waals surface area (Å²) < 4.78 is 7.51. The molecule has 32 heavy (non-hydrogen) atoms. The van der Waals surface area contributed by atoms with E-state index in [1.807, 2.05) is 30.6 Å². The minimum atomic E-state index is -0.367. The number of pyridine rings is 1. The Morgan fingerprint density at radius 2 is 2.22 bits per heavy atom. The smallest absolute Gasteiger partial charge is 0.299 e. The zero-order chi connectivity index (χ0) is 21.5. The highest BCUT2D eigenvalue weighted by Crippen LogP contribution is 2.30. The molecule has 158 valence electrons. The molecule has 0 bridgehead atoms. The van der Waals surface area contributed by atoms with Crippen molar-refractivity contribution in [3.05, 3.63) is 49.2 Å². The number of H-pyrrole nitrogens is 1.